The Hall–Kier alpha value is -0.570. The molecule has 1 fully saturated rings. The second kappa shape index (κ2) is 1.20. The number of carbonyl (C=O) groups excluding carboxylic acids is 1. The fourth-order valence-electron chi connectivity index (χ4n) is 0.506. The largest absolute Gasteiger partial charge is 0.274 e. The van der Waals surface area contributed by atoms with E-state index in [1.165, 1.54) is 0 Å². The van der Waals surface area contributed by atoms with Gasteiger partial charge in [0.25, 0.3) is 0 Å². The molecule has 1 atom stereocenters. The van der Waals surface area contributed by atoms with Crippen LogP contribution in [0.15, 0.2) is 0 Å². The van der Waals surface area contributed by atoms with E-state index in [1.807, 2.05) is 12.1 Å². The van der Waals surface area contributed by atoms with Crippen molar-refractivity contribution in [2.75, 3.05) is 13.7 Å². The SMILES string of the molecule is CC(=O)N1CN1C. The van der Waals surface area contributed by atoms with Crippen LogP contribution < -0.4 is 0 Å². The van der Waals surface area contributed by atoms with Gasteiger partial charge in [0, 0.05) is 14.0 Å². The van der Waals surface area contributed by atoms with E-state index in [9.17, 15) is 4.79 Å². The van der Waals surface area contributed by atoms with Crippen molar-refractivity contribution >= 4 is 5.91 Å². The van der Waals surface area contributed by atoms with Crippen LogP contribution in [0.1, 0.15) is 6.92 Å². The van der Waals surface area contributed by atoms with Crippen LogP contribution in [0.25, 0.3) is 0 Å². The van der Waals surface area contributed by atoms with E-state index >= 15 is 0 Å². The number of nitrogens with zero attached hydrogens (tertiary/aromatic N) is 2. The molecule has 1 aliphatic heterocycles. The molecule has 1 unspecified atom stereocenters. The second-order valence-corrected chi connectivity index (χ2v) is 1.72. The first-order valence-corrected chi connectivity index (χ1v) is 2.21. The van der Waals surface area contributed by atoms with E-state index in [4.69, 9.17) is 0 Å². The Morgan fingerprint density at radius 3 is 2.14 bits per heavy atom. The Morgan fingerprint density at radius 1 is 1.71 bits per heavy atom. The molecule has 1 rings (SSSR count). The van der Waals surface area contributed by atoms with E-state index in [2.05, 4.69) is 0 Å². The third-order valence-corrected chi connectivity index (χ3v) is 1.03. The molecular formula is C4H8N2O. The van der Waals surface area contributed by atoms with Crippen LogP contribution in [0.3, 0.4) is 0 Å². The van der Waals surface area contributed by atoms with Crippen molar-refractivity contribution in [2.45, 2.75) is 6.92 Å². The monoisotopic (exact) mass is 100 g/mol. The van der Waals surface area contributed by atoms with E-state index in [1.54, 1.807) is 11.9 Å². The Kier molecular flexibility index (Phi) is 0.785. The van der Waals surface area contributed by atoms with Gasteiger partial charge in [-0.1, -0.05) is 0 Å². The third kappa shape index (κ3) is 0.718. The highest BCUT2D eigenvalue weighted by atomic mass is 16.2. The molecule has 40 valence electrons. The lowest BCUT2D eigenvalue weighted by molar-refractivity contribution is -0.126. The van der Waals surface area contributed by atoms with Gasteiger partial charge in [-0.15, -0.1) is 0 Å². The first-order chi connectivity index (χ1) is 3.22. The fraction of sp³-hybridized carbons (Fsp3) is 0.750. The van der Waals surface area contributed by atoms with Gasteiger partial charge in [0.05, 0.1) is 0 Å². The summed E-state index contributed by atoms with van der Waals surface area (Å²) in [6, 6.07) is 0. The number of amides is 1. The first-order valence-electron chi connectivity index (χ1n) is 2.21. The zero-order chi connectivity index (χ0) is 5.44. The maximum Gasteiger partial charge on any atom is 0.235 e. The molecule has 0 aromatic heterocycles. The van der Waals surface area contributed by atoms with E-state index < -0.39 is 0 Å². The van der Waals surface area contributed by atoms with Gasteiger partial charge in [0.15, 0.2) is 0 Å². The van der Waals surface area contributed by atoms with Crippen LogP contribution >= 0.6 is 0 Å². The van der Waals surface area contributed by atoms with Gasteiger partial charge in [0.1, 0.15) is 6.67 Å². The van der Waals surface area contributed by atoms with Crippen LogP contribution in [0.2, 0.25) is 0 Å². The predicted molar refractivity (Wildman–Crippen MR) is 25.1 cm³/mol. The van der Waals surface area contributed by atoms with Crippen molar-refractivity contribution in [3.63, 3.8) is 0 Å². The molecule has 1 saturated heterocycles. The minimum Gasteiger partial charge on any atom is -0.274 e. The van der Waals surface area contributed by atoms with Gasteiger partial charge in [-0.25, -0.2) is 0 Å². The minimum absolute atomic E-state index is 0.127. The molecular weight excluding hydrogens is 92.1 g/mol. The zero-order valence-electron chi connectivity index (χ0n) is 4.51. The Morgan fingerprint density at radius 2 is 2.14 bits per heavy atom. The maximum absolute atomic E-state index is 10.3. The molecule has 0 aromatic carbocycles. The van der Waals surface area contributed by atoms with Gasteiger partial charge in [0.2, 0.25) is 5.91 Å². The van der Waals surface area contributed by atoms with Gasteiger partial charge >= 0.3 is 0 Å². The van der Waals surface area contributed by atoms with Crippen molar-refractivity contribution in [2.24, 2.45) is 0 Å². The smallest absolute Gasteiger partial charge is 0.235 e. The highest BCUT2D eigenvalue weighted by Crippen LogP contribution is 2.09. The molecule has 0 bridgehead atoms. The molecule has 0 saturated carbocycles. The van der Waals surface area contributed by atoms with Crippen LogP contribution in [0, 0.1) is 0 Å². The summed E-state index contributed by atoms with van der Waals surface area (Å²) in [5.74, 6) is 0.127. The number of carbonyl (C=O) groups is 1. The summed E-state index contributed by atoms with van der Waals surface area (Å²) in [5.41, 5.74) is 0. The van der Waals surface area contributed by atoms with Crippen LogP contribution in [-0.4, -0.2) is 29.6 Å². The highest BCUT2D eigenvalue weighted by molar-refractivity contribution is 5.74. The summed E-state index contributed by atoms with van der Waals surface area (Å²) in [7, 11) is 1.88. The van der Waals surface area contributed by atoms with E-state index in [0.717, 1.165) is 6.67 Å². The van der Waals surface area contributed by atoms with E-state index in [-0.39, 0.29) is 5.91 Å². The van der Waals surface area contributed by atoms with Crippen molar-refractivity contribution < 1.29 is 4.79 Å². The summed E-state index contributed by atoms with van der Waals surface area (Å²) in [5, 5.41) is 3.50. The lowest BCUT2D eigenvalue weighted by atomic mass is 10.7. The number of rotatable bonds is 0. The quantitative estimate of drug-likeness (QED) is 0.388. The molecule has 0 aromatic rings. The Labute approximate surface area is 42.5 Å². The lowest BCUT2D eigenvalue weighted by Crippen LogP contribution is -2.08. The maximum atomic E-state index is 10.3. The molecule has 0 spiro atoms. The van der Waals surface area contributed by atoms with Gasteiger partial charge in [-0.2, -0.15) is 5.01 Å². The molecule has 3 nitrogen and oxygen atoms in total. The summed E-state index contributed by atoms with van der Waals surface area (Å²) in [6.45, 7) is 2.36. The molecule has 1 aliphatic rings. The van der Waals surface area contributed by atoms with E-state index in [0.29, 0.717) is 0 Å². The summed E-state index contributed by atoms with van der Waals surface area (Å²) in [6.07, 6.45) is 0. The number of hydrazine groups is 1. The average Bonchev–Trinajstić information content (AvgIpc) is 2.17. The van der Waals surface area contributed by atoms with Crippen LogP contribution in [-0.2, 0) is 4.79 Å². The van der Waals surface area contributed by atoms with Gasteiger partial charge in [-0.3, -0.25) is 9.80 Å². The molecule has 7 heavy (non-hydrogen) atoms. The van der Waals surface area contributed by atoms with Crippen LogP contribution in [0.4, 0.5) is 0 Å². The average molecular weight is 100 g/mol. The predicted octanol–water partition coefficient (Wildman–Crippen LogP) is -0.347. The lowest BCUT2D eigenvalue weighted by Gasteiger charge is -1.90. The van der Waals surface area contributed by atoms with Gasteiger partial charge in [-0.05, 0) is 0 Å². The topological polar surface area (TPSA) is 23.1 Å². The number of hydrogen-bond acceptors (Lipinski definition) is 2. The Balaban J connectivity index is 2.33. The first kappa shape index (κ1) is 4.59. The fourth-order valence-corrected chi connectivity index (χ4v) is 0.506. The second-order valence-electron chi connectivity index (χ2n) is 1.72. The van der Waals surface area contributed by atoms with Crippen molar-refractivity contribution in [1.82, 2.24) is 10.0 Å². The third-order valence-electron chi connectivity index (χ3n) is 1.03. The van der Waals surface area contributed by atoms with Crippen molar-refractivity contribution in [3.8, 4) is 0 Å². The molecule has 0 radical (unpaired) electrons. The zero-order valence-corrected chi connectivity index (χ0v) is 4.51. The van der Waals surface area contributed by atoms with Crippen LogP contribution in [0.5, 0.6) is 0 Å². The molecule has 0 N–H and O–H groups in total. The van der Waals surface area contributed by atoms with Crippen molar-refractivity contribution in [1.29, 1.82) is 0 Å². The molecule has 0 aliphatic carbocycles. The molecule has 1 heterocycles. The highest BCUT2D eigenvalue weighted by Gasteiger charge is 2.28. The van der Waals surface area contributed by atoms with Crippen molar-refractivity contribution in [3.05, 3.63) is 0 Å². The normalized spacial score (nSPS) is 27.7. The van der Waals surface area contributed by atoms with Gasteiger partial charge < -0.3 is 0 Å². The summed E-state index contributed by atoms with van der Waals surface area (Å²) < 4.78 is 0. The molecule has 3 heteroatoms. The summed E-state index contributed by atoms with van der Waals surface area (Å²) in [4.78, 5) is 10.3. The standard InChI is InChI=1S/C4H8N2O/c1-4(7)6-3-5(6)2/h3H2,1-2H3. The summed E-state index contributed by atoms with van der Waals surface area (Å²) >= 11 is 0. The molecule has 1 amide bonds. The Bertz CT molecular complexity index is 102. The minimum atomic E-state index is 0.127. The number of hydrogen-bond donors (Lipinski definition) is 0.